The summed E-state index contributed by atoms with van der Waals surface area (Å²) in [7, 11) is 0. The average molecular weight is 351 g/mol. The summed E-state index contributed by atoms with van der Waals surface area (Å²) in [6.07, 6.45) is 3.03. The Balaban J connectivity index is 2.32. The smallest absolute Gasteiger partial charge is 0.127 e. The number of aryl methyl sites for hydroxylation is 1. The van der Waals surface area contributed by atoms with Crippen LogP contribution in [0, 0.1) is 5.92 Å². The quantitative estimate of drug-likeness (QED) is 0.686. The van der Waals surface area contributed by atoms with Crippen molar-refractivity contribution in [2.75, 3.05) is 11.9 Å². The van der Waals surface area contributed by atoms with Crippen LogP contribution in [-0.2, 0) is 6.42 Å². The maximum Gasteiger partial charge on any atom is 0.127 e. The highest BCUT2D eigenvalue weighted by Crippen LogP contribution is 2.36. The summed E-state index contributed by atoms with van der Waals surface area (Å²) in [5, 5.41) is 13.2. The normalized spacial score (nSPS) is 12.5. The van der Waals surface area contributed by atoms with Gasteiger partial charge in [0.1, 0.15) is 11.5 Å². The molecule has 0 aliphatic carbocycles. The molecule has 21 heavy (non-hydrogen) atoms. The minimum Gasteiger partial charge on any atom is -0.507 e. The van der Waals surface area contributed by atoms with Crippen LogP contribution in [-0.4, -0.2) is 17.0 Å². The molecule has 0 amide bonds. The zero-order chi connectivity index (χ0) is 15.2. The molecule has 0 saturated heterocycles. The van der Waals surface area contributed by atoms with E-state index < -0.39 is 0 Å². The third-order valence-electron chi connectivity index (χ3n) is 4.01. The van der Waals surface area contributed by atoms with Crippen LogP contribution in [0.5, 0.6) is 11.5 Å². The molecule has 1 unspecified atom stereocenters. The van der Waals surface area contributed by atoms with Crippen molar-refractivity contribution in [2.45, 2.75) is 33.1 Å². The van der Waals surface area contributed by atoms with Crippen LogP contribution in [0.1, 0.15) is 32.3 Å². The van der Waals surface area contributed by atoms with Gasteiger partial charge in [0.25, 0.3) is 0 Å². The van der Waals surface area contributed by atoms with Crippen LogP contribution >= 0.6 is 15.9 Å². The van der Waals surface area contributed by atoms with Gasteiger partial charge >= 0.3 is 0 Å². The summed E-state index contributed by atoms with van der Waals surface area (Å²) < 4.78 is 6.09. The topological polar surface area (TPSA) is 29.5 Å². The maximum absolute atomic E-state index is 10.3. The van der Waals surface area contributed by atoms with E-state index in [0.29, 0.717) is 11.7 Å². The number of alkyl halides is 1. The molecule has 0 bridgehead atoms. The Kier molecular flexibility index (Phi) is 5.92. The van der Waals surface area contributed by atoms with Crippen molar-refractivity contribution in [1.82, 2.24) is 0 Å². The maximum atomic E-state index is 10.3. The van der Waals surface area contributed by atoms with Gasteiger partial charge < -0.3 is 9.84 Å². The SMILES string of the molecule is CCc1cc(OCC(CC)CCBr)c2ccccc2c1O. The Bertz CT molecular complexity index is 595. The highest BCUT2D eigenvalue weighted by atomic mass is 79.9. The number of hydrogen-bond acceptors (Lipinski definition) is 2. The third kappa shape index (κ3) is 3.70. The summed E-state index contributed by atoms with van der Waals surface area (Å²) in [6.45, 7) is 4.97. The fourth-order valence-electron chi connectivity index (χ4n) is 2.54. The van der Waals surface area contributed by atoms with E-state index in [1.54, 1.807) is 0 Å². The largest absolute Gasteiger partial charge is 0.507 e. The summed E-state index contributed by atoms with van der Waals surface area (Å²) in [5.74, 6) is 1.82. The molecular weight excluding hydrogens is 328 g/mol. The lowest BCUT2D eigenvalue weighted by molar-refractivity contribution is 0.244. The van der Waals surface area contributed by atoms with Gasteiger partial charge in [-0.1, -0.05) is 60.5 Å². The van der Waals surface area contributed by atoms with Gasteiger partial charge in [0.05, 0.1) is 6.61 Å². The van der Waals surface area contributed by atoms with E-state index in [-0.39, 0.29) is 0 Å². The van der Waals surface area contributed by atoms with Crippen LogP contribution < -0.4 is 4.74 Å². The zero-order valence-electron chi connectivity index (χ0n) is 12.7. The third-order valence-corrected chi connectivity index (χ3v) is 4.47. The van der Waals surface area contributed by atoms with Crippen molar-refractivity contribution in [3.05, 3.63) is 35.9 Å². The summed E-state index contributed by atoms with van der Waals surface area (Å²) in [6, 6.07) is 9.88. The number of hydrogen-bond donors (Lipinski definition) is 1. The molecule has 0 fully saturated rings. The second kappa shape index (κ2) is 7.69. The number of ether oxygens (including phenoxy) is 1. The van der Waals surface area contributed by atoms with Gasteiger partial charge in [0.2, 0.25) is 0 Å². The van der Waals surface area contributed by atoms with Gasteiger partial charge in [-0.3, -0.25) is 0 Å². The van der Waals surface area contributed by atoms with E-state index in [1.165, 1.54) is 0 Å². The van der Waals surface area contributed by atoms with E-state index in [1.807, 2.05) is 37.3 Å². The van der Waals surface area contributed by atoms with Gasteiger partial charge in [-0.05, 0) is 30.4 Å². The molecular formula is C18H23BrO2. The molecule has 3 heteroatoms. The predicted octanol–water partition coefficient (Wildman–Crippen LogP) is 5.30. The molecule has 2 aromatic rings. The number of rotatable bonds is 7. The Morgan fingerprint density at radius 1 is 1.19 bits per heavy atom. The van der Waals surface area contributed by atoms with Crippen LogP contribution in [0.3, 0.4) is 0 Å². The lowest BCUT2D eigenvalue weighted by Crippen LogP contribution is -2.12. The molecule has 0 aliphatic rings. The van der Waals surface area contributed by atoms with Crippen molar-refractivity contribution >= 4 is 26.7 Å². The monoisotopic (exact) mass is 350 g/mol. The first-order valence-corrected chi connectivity index (χ1v) is 8.75. The molecule has 1 atom stereocenters. The minimum atomic E-state index is 0.382. The lowest BCUT2D eigenvalue weighted by atomic mass is 10.0. The van der Waals surface area contributed by atoms with Gasteiger partial charge in [-0.25, -0.2) is 0 Å². The predicted molar refractivity (Wildman–Crippen MR) is 92.7 cm³/mol. The van der Waals surface area contributed by atoms with E-state index in [9.17, 15) is 5.11 Å². The van der Waals surface area contributed by atoms with E-state index >= 15 is 0 Å². The lowest BCUT2D eigenvalue weighted by Gasteiger charge is -2.17. The minimum absolute atomic E-state index is 0.382. The Hall–Kier alpha value is -1.22. The van der Waals surface area contributed by atoms with Gasteiger partial charge in [-0.2, -0.15) is 0 Å². The molecule has 114 valence electrons. The van der Waals surface area contributed by atoms with Crippen LogP contribution in [0.2, 0.25) is 0 Å². The van der Waals surface area contributed by atoms with Gasteiger partial charge in [-0.15, -0.1) is 0 Å². The molecule has 0 aromatic heterocycles. The van der Waals surface area contributed by atoms with Gasteiger partial charge in [0.15, 0.2) is 0 Å². The average Bonchev–Trinajstić information content (AvgIpc) is 2.53. The Morgan fingerprint density at radius 2 is 1.90 bits per heavy atom. The first kappa shape index (κ1) is 16.2. The second-order valence-electron chi connectivity index (χ2n) is 5.34. The fourth-order valence-corrected chi connectivity index (χ4v) is 3.19. The van der Waals surface area contributed by atoms with Crippen molar-refractivity contribution in [2.24, 2.45) is 5.92 Å². The number of phenolic OH excluding ortho intramolecular Hbond substituents is 1. The van der Waals surface area contributed by atoms with Crippen molar-refractivity contribution in [3.8, 4) is 11.5 Å². The molecule has 2 rings (SSSR count). The standard InChI is InChI=1S/C18H23BrO2/c1-3-13(9-10-19)12-21-17-11-14(4-2)18(20)16-8-6-5-7-15(16)17/h5-8,11,13,20H,3-4,9-10,12H2,1-2H3. The number of fused-ring (bicyclic) bond motifs is 1. The van der Waals surface area contributed by atoms with Crippen molar-refractivity contribution < 1.29 is 9.84 Å². The van der Waals surface area contributed by atoms with E-state index in [4.69, 9.17) is 4.74 Å². The van der Waals surface area contributed by atoms with Crippen LogP contribution in [0.25, 0.3) is 10.8 Å². The van der Waals surface area contributed by atoms with Crippen molar-refractivity contribution in [1.29, 1.82) is 0 Å². The molecule has 2 aromatic carbocycles. The van der Waals surface area contributed by atoms with Crippen LogP contribution in [0.4, 0.5) is 0 Å². The highest BCUT2D eigenvalue weighted by Gasteiger charge is 2.13. The Morgan fingerprint density at radius 3 is 2.52 bits per heavy atom. The number of benzene rings is 2. The Labute approximate surface area is 135 Å². The zero-order valence-corrected chi connectivity index (χ0v) is 14.3. The number of halogens is 1. The molecule has 0 heterocycles. The fraction of sp³-hybridized carbons (Fsp3) is 0.444. The first-order valence-electron chi connectivity index (χ1n) is 7.63. The second-order valence-corrected chi connectivity index (χ2v) is 6.14. The molecule has 0 spiro atoms. The first-order chi connectivity index (χ1) is 10.2. The van der Waals surface area contributed by atoms with Crippen LogP contribution in [0.15, 0.2) is 30.3 Å². The number of aromatic hydroxyl groups is 1. The summed E-state index contributed by atoms with van der Waals surface area (Å²) >= 11 is 3.50. The summed E-state index contributed by atoms with van der Waals surface area (Å²) in [4.78, 5) is 0. The molecule has 2 nitrogen and oxygen atoms in total. The van der Waals surface area contributed by atoms with E-state index in [2.05, 4.69) is 22.9 Å². The summed E-state index contributed by atoms with van der Waals surface area (Å²) in [5.41, 5.74) is 0.942. The highest BCUT2D eigenvalue weighted by molar-refractivity contribution is 9.09. The van der Waals surface area contributed by atoms with E-state index in [0.717, 1.165) is 53.3 Å². The molecule has 0 saturated carbocycles. The molecule has 0 radical (unpaired) electrons. The molecule has 1 N–H and O–H groups in total. The van der Waals surface area contributed by atoms with Gasteiger partial charge in [0, 0.05) is 16.1 Å². The number of phenols is 1. The molecule has 0 aliphatic heterocycles. The van der Waals surface area contributed by atoms with Crippen molar-refractivity contribution in [3.63, 3.8) is 0 Å².